The quantitative estimate of drug-likeness (QED) is 0.672. The molecule has 2 aromatic carbocycles. The van der Waals surface area contributed by atoms with Gasteiger partial charge in [-0.05, 0) is 36.4 Å². The fourth-order valence-corrected chi connectivity index (χ4v) is 2.41. The molecule has 0 saturated carbocycles. The van der Waals surface area contributed by atoms with E-state index in [2.05, 4.69) is 20.9 Å². The Labute approximate surface area is 129 Å². The van der Waals surface area contributed by atoms with Crippen molar-refractivity contribution in [3.63, 3.8) is 0 Å². The van der Waals surface area contributed by atoms with Gasteiger partial charge in [-0.15, -0.1) is 0 Å². The lowest BCUT2D eigenvalue weighted by molar-refractivity contribution is 0.418. The first-order valence-corrected chi connectivity index (χ1v) is 7.03. The van der Waals surface area contributed by atoms with Gasteiger partial charge < -0.3 is 9.47 Å². The minimum atomic E-state index is -0.445. The molecule has 0 bridgehead atoms. The first-order valence-electron chi connectivity index (χ1n) is 6.23. The number of nitrogens with zero attached hydrogens (tertiary/aromatic N) is 1. The largest absolute Gasteiger partial charge is 0.496 e. The fraction of sp³-hybridized carbons (Fsp3) is 0.0625. The van der Waals surface area contributed by atoms with E-state index in [1.807, 2.05) is 24.3 Å². The number of ether oxygens (including phenoxy) is 2. The van der Waals surface area contributed by atoms with Gasteiger partial charge in [0.25, 0.3) is 0 Å². The summed E-state index contributed by atoms with van der Waals surface area (Å²) < 4.78 is 25.5. The molecule has 0 saturated heterocycles. The minimum Gasteiger partial charge on any atom is -0.496 e. The van der Waals surface area contributed by atoms with Crippen LogP contribution in [0.3, 0.4) is 0 Å². The highest BCUT2D eigenvalue weighted by Gasteiger charge is 2.11. The molecule has 0 fully saturated rings. The Bertz CT molecular complexity index is 807. The van der Waals surface area contributed by atoms with Gasteiger partial charge in [0.2, 0.25) is 5.88 Å². The minimum absolute atomic E-state index is 0.118. The number of halogens is 2. The number of methoxy groups -OCH3 is 1. The molecule has 0 atom stereocenters. The molecular formula is C16H11BrFNO2. The van der Waals surface area contributed by atoms with Crippen LogP contribution in [0.4, 0.5) is 4.39 Å². The Morgan fingerprint density at radius 1 is 1.05 bits per heavy atom. The number of rotatable bonds is 3. The molecule has 3 rings (SSSR count). The summed E-state index contributed by atoms with van der Waals surface area (Å²) in [6.45, 7) is 0. The molecule has 106 valence electrons. The van der Waals surface area contributed by atoms with Crippen molar-refractivity contribution in [2.45, 2.75) is 0 Å². The number of hydrogen-bond donors (Lipinski definition) is 0. The van der Waals surface area contributed by atoms with Gasteiger partial charge in [-0.2, -0.15) is 0 Å². The van der Waals surface area contributed by atoms with Gasteiger partial charge in [-0.1, -0.05) is 22.0 Å². The summed E-state index contributed by atoms with van der Waals surface area (Å²) in [7, 11) is 1.60. The lowest BCUT2D eigenvalue weighted by Crippen LogP contribution is -1.93. The Balaban J connectivity index is 2.11. The van der Waals surface area contributed by atoms with E-state index in [0.717, 1.165) is 21.0 Å². The molecular weight excluding hydrogens is 337 g/mol. The monoisotopic (exact) mass is 347 g/mol. The van der Waals surface area contributed by atoms with Crippen LogP contribution in [0.25, 0.3) is 10.8 Å². The summed E-state index contributed by atoms with van der Waals surface area (Å²) in [6, 6.07) is 11.9. The zero-order chi connectivity index (χ0) is 14.8. The normalized spacial score (nSPS) is 10.6. The molecule has 0 aliphatic rings. The Hall–Kier alpha value is -2.14. The summed E-state index contributed by atoms with van der Waals surface area (Å²) in [4.78, 5) is 4.19. The highest BCUT2D eigenvalue weighted by atomic mass is 79.9. The number of pyridine rings is 1. The number of hydrogen-bond acceptors (Lipinski definition) is 3. The van der Waals surface area contributed by atoms with Crippen molar-refractivity contribution < 1.29 is 13.9 Å². The maximum atomic E-state index is 13.8. The Kier molecular flexibility index (Phi) is 3.75. The van der Waals surface area contributed by atoms with Crippen molar-refractivity contribution in [1.82, 2.24) is 4.98 Å². The number of benzene rings is 2. The molecule has 0 aliphatic carbocycles. The summed E-state index contributed by atoms with van der Waals surface area (Å²) >= 11 is 3.30. The highest BCUT2D eigenvalue weighted by molar-refractivity contribution is 9.10. The van der Waals surface area contributed by atoms with Crippen LogP contribution in [-0.2, 0) is 0 Å². The lowest BCUT2D eigenvalue weighted by Gasteiger charge is -2.10. The smallest absolute Gasteiger partial charge is 0.227 e. The summed E-state index contributed by atoms with van der Waals surface area (Å²) in [6.07, 6.45) is 1.61. The zero-order valence-electron chi connectivity index (χ0n) is 11.1. The van der Waals surface area contributed by atoms with Gasteiger partial charge in [0.15, 0.2) is 11.6 Å². The summed E-state index contributed by atoms with van der Waals surface area (Å²) in [5.74, 6) is 0.727. The molecule has 0 aliphatic heterocycles. The molecule has 0 unspecified atom stereocenters. The highest BCUT2D eigenvalue weighted by Crippen LogP contribution is 2.34. The SMILES string of the molecule is COc1cccc2c(Oc3cc(Br)ccc3F)nccc12. The third-order valence-electron chi connectivity index (χ3n) is 3.05. The maximum absolute atomic E-state index is 13.8. The third kappa shape index (κ3) is 2.69. The van der Waals surface area contributed by atoms with E-state index >= 15 is 0 Å². The Morgan fingerprint density at radius 2 is 1.90 bits per heavy atom. The van der Waals surface area contributed by atoms with E-state index in [0.29, 0.717) is 5.88 Å². The third-order valence-corrected chi connectivity index (χ3v) is 3.54. The van der Waals surface area contributed by atoms with Crippen molar-refractivity contribution in [3.05, 3.63) is 59.0 Å². The second-order valence-corrected chi connectivity index (χ2v) is 5.26. The van der Waals surface area contributed by atoms with Crippen LogP contribution in [-0.4, -0.2) is 12.1 Å². The van der Waals surface area contributed by atoms with Crippen LogP contribution in [0, 0.1) is 5.82 Å². The average molecular weight is 348 g/mol. The maximum Gasteiger partial charge on any atom is 0.227 e. The van der Waals surface area contributed by atoms with Crippen molar-refractivity contribution in [2.24, 2.45) is 0 Å². The van der Waals surface area contributed by atoms with Crippen LogP contribution < -0.4 is 9.47 Å². The van der Waals surface area contributed by atoms with Gasteiger partial charge in [-0.25, -0.2) is 9.37 Å². The van der Waals surface area contributed by atoms with Crippen molar-refractivity contribution in [3.8, 4) is 17.4 Å². The summed E-state index contributed by atoms with van der Waals surface area (Å²) in [5, 5.41) is 1.62. The molecule has 0 spiro atoms. The second kappa shape index (κ2) is 5.69. The predicted molar refractivity (Wildman–Crippen MR) is 82.5 cm³/mol. The summed E-state index contributed by atoms with van der Waals surface area (Å²) in [5.41, 5.74) is 0. The van der Waals surface area contributed by atoms with Crippen LogP contribution in [0.2, 0.25) is 0 Å². The van der Waals surface area contributed by atoms with Gasteiger partial charge in [0.1, 0.15) is 5.75 Å². The van der Waals surface area contributed by atoms with Crippen molar-refractivity contribution in [1.29, 1.82) is 0 Å². The molecule has 21 heavy (non-hydrogen) atoms. The lowest BCUT2D eigenvalue weighted by atomic mass is 10.1. The van der Waals surface area contributed by atoms with Gasteiger partial charge in [0.05, 0.1) is 7.11 Å². The van der Waals surface area contributed by atoms with Crippen LogP contribution in [0.5, 0.6) is 17.4 Å². The van der Waals surface area contributed by atoms with Gasteiger partial charge in [-0.3, -0.25) is 0 Å². The van der Waals surface area contributed by atoms with E-state index in [9.17, 15) is 4.39 Å². The van der Waals surface area contributed by atoms with E-state index in [1.54, 1.807) is 25.4 Å². The molecule has 0 radical (unpaired) electrons. The molecule has 1 heterocycles. The van der Waals surface area contributed by atoms with E-state index in [4.69, 9.17) is 9.47 Å². The number of aromatic nitrogens is 1. The van der Waals surface area contributed by atoms with Crippen LogP contribution in [0.15, 0.2) is 53.1 Å². The van der Waals surface area contributed by atoms with Gasteiger partial charge >= 0.3 is 0 Å². The first-order chi connectivity index (χ1) is 10.2. The Morgan fingerprint density at radius 3 is 2.71 bits per heavy atom. The van der Waals surface area contributed by atoms with E-state index in [1.165, 1.54) is 6.07 Å². The molecule has 3 nitrogen and oxygen atoms in total. The second-order valence-electron chi connectivity index (χ2n) is 4.35. The van der Waals surface area contributed by atoms with E-state index < -0.39 is 5.82 Å². The van der Waals surface area contributed by atoms with Crippen LogP contribution in [0.1, 0.15) is 0 Å². The molecule has 1 aromatic heterocycles. The molecule has 5 heteroatoms. The number of fused-ring (bicyclic) bond motifs is 1. The standard InChI is InChI=1S/C16H11BrFNO2/c1-20-14-4-2-3-12-11(14)7-8-19-16(12)21-15-9-10(17)5-6-13(15)18/h2-9H,1H3. The van der Waals surface area contributed by atoms with Crippen molar-refractivity contribution in [2.75, 3.05) is 7.11 Å². The zero-order valence-corrected chi connectivity index (χ0v) is 12.7. The van der Waals surface area contributed by atoms with E-state index in [-0.39, 0.29) is 5.75 Å². The predicted octanol–water partition coefficient (Wildman–Crippen LogP) is 4.94. The van der Waals surface area contributed by atoms with Gasteiger partial charge in [0, 0.05) is 21.4 Å². The first kappa shape index (κ1) is 13.8. The topological polar surface area (TPSA) is 31.4 Å². The molecule has 3 aromatic rings. The average Bonchev–Trinajstić information content (AvgIpc) is 2.50. The molecule has 0 amide bonds. The molecule has 0 N–H and O–H groups in total. The van der Waals surface area contributed by atoms with Crippen LogP contribution >= 0.6 is 15.9 Å². The fourth-order valence-electron chi connectivity index (χ4n) is 2.07. The van der Waals surface area contributed by atoms with Crippen molar-refractivity contribution >= 4 is 26.7 Å².